The number of piperazine rings is 1. The average molecular weight is 585 g/mol. The second-order valence-electron chi connectivity index (χ2n) is 9.83. The number of hydrogen-bond donors (Lipinski definition) is 2. The van der Waals surface area contributed by atoms with Crippen molar-refractivity contribution in [2.75, 3.05) is 86.1 Å². The number of pyridine rings is 1. The van der Waals surface area contributed by atoms with Crippen molar-refractivity contribution in [3.63, 3.8) is 0 Å². The van der Waals surface area contributed by atoms with Crippen molar-refractivity contribution in [3.8, 4) is 5.69 Å². The summed E-state index contributed by atoms with van der Waals surface area (Å²) < 4.78 is 32.2. The summed E-state index contributed by atoms with van der Waals surface area (Å²) in [6.07, 6.45) is 2.19. The van der Waals surface area contributed by atoms with E-state index in [1.54, 1.807) is 27.0 Å². The van der Waals surface area contributed by atoms with Crippen LogP contribution in [-0.2, 0) is 14.8 Å². The van der Waals surface area contributed by atoms with Gasteiger partial charge < -0.3 is 30.5 Å². The number of anilines is 5. The number of ether oxygens (including phenoxy) is 1. The van der Waals surface area contributed by atoms with Crippen molar-refractivity contribution in [1.82, 2.24) is 29.0 Å². The Labute approximate surface area is 239 Å². The summed E-state index contributed by atoms with van der Waals surface area (Å²) in [6.45, 7) is 6.50. The SMILES string of the molecule is CCS(=O)(=O)N1CCN(c2ccc(Nc3nc(N)n(-c4ccnc(N5CCCN(C(=O)OC)CC5)c4)n3)cc2)CC1. The molecule has 0 atom stereocenters. The first-order chi connectivity index (χ1) is 19.8. The van der Waals surface area contributed by atoms with Gasteiger partial charge in [-0.1, -0.05) is 0 Å². The molecule has 0 bridgehead atoms. The minimum absolute atomic E-state index is 0.125. The lowest BCUT2D eigenvalue weighted by Crippen LogP contribution is -2.49. The van der Waals surface area contributed by atoms with E-state index in [1.165, 1.54) is 7.11 Å². The number of hydrogen-bond acceptors (Lipinski definition) is 11. The Bertz CT molecular complexity index is 1460. The predicted octanol–water partition coefficient (Wildman–Crippen LogP) is 1.74. The molecule has 0 unspecified atom stereocenters. The Morgan fingerprint density at radius 3 is 2.41 bits per heavy atom. The number of methoxy groups -OCH3 is 1. The monoisotopic (exact) mass is 584 g/mol. The number of carbonyl (C=O) groups excluding carboxylic acids is 1. The predicted molar refractivity (Wildman–Crippen MR) is 157 cm³/mol. The molecule has 3 aromatic rings. The van der Waals surface area contributed by atoms with Gasteiger partial charge in [-0.3, -0.25) is 0 Å². The summed E-state index contributed by atoms with van der Waals surface area (Å²) in [5.74, 6) is 1.48. The third-order valence-corrected chi connectivity index (χ3v) is 9.23. The molecule has 220 valence electrons. The second-order valence-corrected chi connectivity index (χ2v) is 12.1. The summed E-state index contributed by atoms with van der Waals surface area (Å²) in [6, 6.07) is 11.6. The normalized spacial score (nSPS) is 16.9. The van der Waals surface area contributed by atoms with Gasteiger partial charge in [-0.15, -0.1) is 5.10 Å². The van der Waals surface area contributed by atoms with E-state index >= 15 is 0 Å². The molecule has 2 aliphatic rings. The number of carbonyl (C=O) groups is 1. The maximum absolute atomic E-state index is 12.1. The first kappa shape index (κ1) is 28.4. The molecule has 2 aliphatic heterocycles. The fourth-order valence-electron chi connectivity index (χ4n) is 5.03. The maximum Gasteiger partial charge on any atom is 0.409 e. The lowest BCUT2D eigenvalue weighted by Gasteiger charge is -2.35. The Kier molecular flexibility index (Phi) is 8.44. The van der Waals surface area contributed by atoms with E-state index in [0.717, 1.165) is 35.8 Å². The molecular formula is C26H36N10O4S. The number of amides is 1. The standard InChI is InChI=1S/C26H36N10O4S/c1-3-41(38,39)35-17-15-32(16-18-35)21-7-5-20(6-8-21)29-25-30-24(27)36(31-25)22-9-10-28-23(19-22)33-11-4-12-34(14-13-33)26(37)40-2/h5-10,19H,3-4,11-18H2,1-2H3,(H3,27,29,30,31). The summed E-state index contributed by atoms with van der Waals surface area (Å²) in [5.41, 5.74) is 8.77. The molecule has 0 saturated carbocycles. The fourth-order valence-corrected chi connectivity index (χ4v) is 6.11. The minimum Gasteiger partial charge on any atom is -0.453 e. The molecule has 2 fully saturated rings. The van der Waals surface area contributed by atoms with Gasteiger partial charge in [-0.05, 0) is 43.7 Å². The number of nitrogens with one attached hydrogen (secondary N) is 1. The number of nitrogen functional groups attached to an aromatic ring is 1. The largest absolute Gasteiger partial charge is 0.453 e. The van der Waals surface area contributed by atoms with Crippen molar-refractivity contribution in [2.24, 2.45) is 0 Å². The smallest absolute Gasteiger partial charge is 0.409 e. The van der Waals surface area contributed by atoms with Crippen molar-refractivity contribution in [2.45, 2.75) is 13.3 Å². The van der Waals surface area contributed by atoms with E-state index in [2.05, 4.69) is 30.2 Å². The van der Waals surface area contributed by atoms with Crippen LogP contribution in [-0.4, -0.2) is 109 Å². The topological polar surface area (TPSA) is 155 Å². The van der Waals surface area contributed by atoms with E-state index < -0.39 is 10.0 Å². The molecule has 3 N–H and O–H groups in total. The van der Waals surface area contributed by atoms with Gasteiger partial charge in [-0.25, -0.2) is 18.2 Å². The van der Waals surface area contributed by atoms with Gasteiger partial charge in [0.05, 0.1) is 18.6 Å². The number of nitrogens with zero attached hydrogens (tertiary/aromatic N) is 8. The van der Waals surface area contributed by atoms with E-state index in [1.807, 2.05) is 36.4 Å². The molecule has 0 spiro atoms. The minimum atomic E-state index is -3.16. The van der Waals surface area contributed by atoms with Crippen LogP contribution in [0.15, 0.2) is 42.6 Å². The van der Waals surface area contributed by atoms with Crippen LogP contribution in [0, 0.1) is 0 Å². The van der Waals surface area contributed by atoms with Crippen LogP contribution in [0.2, 0.25) is 0 Å². The molecule has 0 radical (unpaired) electrons. The van der Waals surface area contributed by atoms with Crippen LogP contribution in [0.5, 0.6) is 0 Å². The fraction of sp³-hybridized carbons (Fsp3) is 0.462. The molecule has 1 amide bonds. The van der Waals surface area contributed by atoms with Crippen molar-refractivity contribution in [3.05, 3.63) is 42.6 Å². The molecule has 2 saturated heterocycles. The van der Waals surface area contributed by atoms with Gasteiger partial charge in [0.15, 0.2) is 0 Å². The van der Waals surface area contributed by atoms with E-state index in [-0.39, 0.29) is 17.8 Å². The van der Waals surface area contributed by atoms with Crippen LogP contribution in [0.4, 0.5) is 33.9 Å². The molecular weight excluding hydrogens is 548 g/mol. The summed E-state index contributed by atoms with van der Waals surface area (Å²) in [4.78, 5) is 26.8. The molecule has 0 aliphatic carbocycles. The molecule has 41 heavy (non-hydrogen) atoms. The molecule has 15 heteroatoms. The summed E-state index contributed by atoms with van der Waals surface area (Å²) in [7, 11) is -1.76. The second kappa shape index (κ2) is 12.2. The number of sulfonamides is 1. The van der Waals surface area contributed by atoms with E-state index in [0.29, 0.717) is 51.8 Å². The lowest BCUT2D eigenvalue weighted by atomic mass is 10.2. The zero-order valence-electron chi connectivity index (χ0n) is 23.3. The highest BCUT2D eigenvalue weighted by Crippen LogP contribution is 2.24. The van der Waals surface area contributed by atoms with Gasteiger partial charge in [0, 0.05) is 76.0 Å². The Morgan fingerprint density at radius 1 is 0.976 bits per heavy atom. The van der Waals surface area contributed by atoms with Crippen LogP contribution < -0.4 is 20.9 Å². The van der Waals surface area contributed by atoms with Gasteiger partial charge >= 0.3 is 6.09 Å². The Hall–Kier alpha value is -4.11. The zero-order chi connectivity index (χ0) is 29.0. The van der Waals surface area contributed by atoms with Gasteiger partial charge in [-0.2, -0.15) is 14.0 Å². The van der Waals surface area contributed by atoms with Crippen LogP contribution in [0.25, 0.3) is 5.69 Å². The number of rotatable bonds is 7. The van der Waals surface area contributed by atoms with Gasteiger partial charge in [0.25, 0.3) is 0 Å². The summed E-state index contributed by atoms with van der Waals surface area (Å²) >= 11 is 0. The highest BCUT2D eigenvalue weighted by molar-refractivity contribution is 7.89. The first-order valence-corrected chi connectivity index (χ1v) is 15.2. The van der Waals surface area contributed by atoms with Crippen molar-refractivity contribution in [1.29, 1.82) is 0 Å². The third-order valence-electron chi connectivity index (χ3n) is 7.34. The maximum atomic E-state index is 12.1. The number of nitrogens with two attached hydrogens (primary N) is 1. The molecule has 14 nitrogen and oxygen atoms in total. The third kappa shape index (κ3) is 6.46. The quantitative estimate of drug-likeness (QED) is 0.417. The van der Waals surface area contributed by atoms with Crippen molar-refractivity contribution < 1.29 is 17.9 Å². The zero-order valence-corrected chi connectivity index (χ0v) is 24.1. The van der Waals surface area contributed by atoms with E-state index in [4.69, 9.17) is 10.5 Å². The molecule has 2 aromatic heterocycles. The Morgan fingerprint density at radius 2 is 1.71 bits per heavy atom. The lowest BCUT2D eigenvalue weighted by molar-refractivity contribution is 0.126. The van der Waals surface area contributed by atoms with Crippen LogP contribution >= 0.6 is 0 Å². The van der Waals surface area contributed by atoms with Crippen LogP contribution in [0.1, 0.15) is 13.3 Å². The average Bonchev–Trinajstić information content (AvgIpc) is 3.19. The highest BCUT2D eigenvalue weighted by Gasteiger charge is 2.25. The van der Waals surface area contributed by atoms with Crippen LogP contribution in [0.3, 0.4) is 0 Å². The molecule has 5 rings (SSSR count). The highest BCUT2D eigenvalue weighted by atomic mass is 32.2. The first-order valence-electron chi connectivity index (χ1n) is 13.6. The Balaban J connectivity index is 1.22. The number of benzene rings is 1. The number of aromatic nitrogens is 4. The van der Waals surface area contributed by atoms with E-state index in [9.17, 15) is 13.2 Å². The summed E-state index contributed by atoms with van der Waals surface area (Å²) in [5, 5.41) is 7.76. The van der Waals surface area contributed by atoms with Crippen molar-refractivity contribution >= 4 is 45.2 Å². The van der Waals surface area contributed by atoms with Gasteiger partial charge in [0.1, 0.15) is 5.82 Å². The van der Waals surface area contributed by atoms with Gasteiger partial charge in [0.2, 0.25) is 21.9 Å². The molecule has 1 aromatic carbocycles. The molecule has 4 heterocycles.